The van der Waals surface area contributed by atoms with E-state index in [9.17, 15) is 9.59 Å². The summed E-state index contributed by atoms with van der Waals surface area (Å²) in [6, 6.07) is 14.3. The fourth-order valence-electron chi connectivity index (χ4n) is 4.16. The zero-order valence-electron chi connectivity index (χ0n) is 21.7. The van der Waals surface area contributed by atoms with Crippen LogP contribution in [-0.4, -0.2) is 39.4 Å². The summed E-state index contributed by atoms with van der Waals surface area (Å²) >= 11 is 6.25. The van der Waals surface area contributed by atoms with E-state index in [4.69, 9.17) is 35.8 Å². The Hall–Kier alpha value is -4.22. The van der Waals surface area contributed by atoms with E-state index in [0.29, 0.717) is 33.5 Å². The summed E-state index contributed by atoms with van der Waals surface area (Å²) < 4.78 is 21.5. The van der Waals surface area contributed by atoms with E-state index in [2.05, 4.69) is 5.32 Å². The van der Waals surface area contributed by atoms with Gasteiger partial charge >= 0.3 is 11.9 Å². The van der Waals surface area contributed by atoms with E-state index in [1.165, 1.54) is 0 Å². The van der Waals surface area contributed by atoms with Crippen LogP contribution in [0.2, 0.25) is 5.02 Å². The molecule has 8 nitrogen and oxygen atoms in total. The minimum Gasteiger partial charge on any atom is -0.493 e. The highest BCUT2D eigenvalue weighted by molar-refractivity contribution is 6.30. The van der Waals surface area contributed by atoms with E-state index in [1.54, 1.807) is 70.6 Å². The average Bonchev–Trinajstić information content (AvgIpc) is 2.90. The maximum absolute atomic E-state index is 13.4. The molecule has 1 aliphatic rings. The van der Waals surface area contributed by atoms with Crippen molar-refractivity contribution in [2.75, 3.05) is 27.4 Å². The summed E-state index contributed by atoms with van der Waals surface area (Å²) in [4.78, 5) is 26.4. The van der Waals surface area contributed by atoms with Crippen molar-refractivity contribution < 1.29 is 28.5 Å². The molecule has 2 aromatic carbocycles. The van der Waals surface area contributed by atoms with Gasteiger partial charge in [-0.05, 0) is 55.3 Å². The number of nitrogens with one attached hydrogen (secondary N) is 1. The molecule has 198 valence electrons. The van der Waals surface area contributed by atoms with Crippen LogP contribution in [0.15, 0.2) is 71.1 Å². The normalized spacial score (nSPS) is 15.1. The molecule has 2 aromatic rings. The average molecular weight is 537 g/mol. The van der Waals surface area contributed by atoms with Crippen LogP contribution in [0.3, 0.4) is 0 Å². The lowest BCUT2D eigenvalue weighted by Gasteiger charge is -2.30. The predicted molar refractivity (Wildman–Crippen MR) is 143 cm³/mol. The molecule has 9 heteroatoms. The number of ether oxygens (including phenoxy) is 4. The van der Waals surface area contributed by atoms with Crippen LogP contribution in [0.25, 0.3) is 6.08 Å². The van der Waals surface area contributed by atoms with Crippen LogP contribution in [0.1, 0.15) is 37.3 Å². The Balaban J connectivity index is 1.85. The van der Waals surface area contributed by atoms with Crippen molar-refractivity contribution in [2.24, 2.45) is 0 Å². The standard InChI is InChI=1S/C29H29ClN2O6/c1-18-25(28(33)37-14-6-8-20-11-12-23(35-3)24(16-20)36-4)27(21-9-5-10-22(30)17-21)26(19(2)32-18)29(34)38-15-7-13-31/h5-6,8-12,16-17,27,32H,7,14-15H2,1-4H3/b8-6+. The van der Waals surface area contributed by atoms with Gasteiger partial charge in [-0.3, -0.25) is 0 Å². The minimum atomic E-state index is -0.771. The molecule has 0 bridgehead atoms. The number of hydrogen-bond donors (Lipinski definition) is 1. The molecule has 1 atom stereocenters. The molecule has 0 aliphatic carbocycles. The quantitative estimate of drug-likeness (QED) is 0.322. The van der Waals surface area contributed by atoms with Crippen molar-refractivity contribution in [3.05, 3.63) is 87.2 Å². The Kier molecular flexibility index (Phi) is 9.97. The minimum absolute atomic E-state index is 0.00311. The second-order valence-electron chi connectivity index (χ2n) is 8.35. The van der Waals surface area contributed by atoms with Gasteiger partial charge < -0.3 is 24.3 Å². The highest BCUT2D eigenvalue weighted by atomic mass is 35.5. The van der Waals surface area contributed by atoms with Crippen molar-refractivity contribution in [3.8, 4) is 17.6 Å². The Labute approximate surface area is 227 Å². The number of hydrogen-bond acceptors (Lipinski definition) is 8. The van der Waals surface area contributed by atoms with Crippen molar-refractivity contribution in [1.82, 2.24) is 5.32 Å². The fourth-order valence-corrected chi connectivity index (χ4v) is 4.36. The number of carbonyl (C=O) groups is 2. The maximum atomic E-state index is 13.4. The van der Waals surface area contributed by atoms with Gasteiger partial charge in [0.05, 0.1) is 43.8 Å². The number of dihydropyridines is 1. The molecule has 3 rings (SSSR count). The molecule has 1 N–H and O–H groups in total. The molecule has 1 heterocycles. The number of methoxy groups -OCH3 is 2. The highest BCUT2D eigenvalue weighted by Gasteiger charge is 2.38. The van der Waals surface area contributed by atoms with Crippen LogP contribution in [-0.2, 0) is 19.1 Å². The molecule has 0 fully saturated rings. The van der Waals surface area contributed by atoms with Gasteiger partial charge in [-0.25, -0.2) is 9.59 Å². The van der Waals surface area contributed by atoms with Gasteiger partial charge in [0.2, 0.25) is 0 Å². The van der Waals surface area contributed by atoms with E-state index in [0.717, 1.165) is 5.56 Å². The van der Waals surface area contributed by atoms with Crippen molar-refractivity contribution >= 4 is 29.6 Å². The number of halogens is 1. The highest BCUT2D eigenvalue weighted by Crippen LogP contribution is 2.40. The first-order valence-electron chi connectivity index (χ1n) is 11.8. The monoisotopic (exact) mass is 536 g/mol. The number of nitriles is 1. The second kappa shape index (κ2) is 13.4. The zero-order chi connectivity index (χ0) is 27.7. The fraction of sp³-hybridized carbons (Fsp3) is 0.276. The SMILES string of the molecule is COc1ccc(/C=C/COC(=O)C2=C(C)NC(C)=C(C(=O)OCCC#N)C2c2cccc(Cl)c2)cc1OC. The number of carbonyl (C=O) groups excluding carboxylic acids is 2. The molecule has 38 heavy (non-hydrogen) atoms. The van der Waals surface area contributed by atoms with Gasteiger partial charge in [0.1, 0.15) is 13.2 Å². The van der Waals surface area contributed by atoms with E-state index in [-0.39, 0.29) is 30.8 Å². The van der Waals surface area contributed by atoms with Crippen LogP contribution >= 0.6 is 11.6 Å². The predicted octanol–water partition coefficient (Wildman–Crippen LogP) is 5.31. The number of rotatable bonds is 10. The molecule has 0 saturated carbocycles. The summed E-state index contributed by atoms with van der Waals surface area (Å²) in [7, 11) is 3.12. The smallest absolute Gasteiger partial charge is 0.337 e. The van der Waals surface area contributed by atoms with Gasteiger partial charge in [0, 0.05) is 16.4 Å². The summed E-state index contributed by atoms with van der Waals surface area (Å²) in [6.45, 7) is 3.42. The molecule has 0 saturated heterocycles. The number of nitrogens with zero attached hydrogens (tertiary/aromatic N) is 1. The van der Waals surface area contributed by atoms with Crippen LogP contribution < -0.4 is 14.8 Å². The number of allylic oxidation sites excluding steroid dienone is 2. The van der Waals surface area contributed by atoms with Gasteiger partial charge in [-0.2, -0.15) is 5.26 Å². The zero-order valence-corrected chi connectivity index (χ0v) is 22.4. The first-order chi connectivity index (χ1) is 18.3. The van der Waals surface area contributed by atoms with Crippen molar-refractivity contribution in [3.63, 3.8) is 0 Å². The molecule has 1 unspecified atom stereocenters. The van der Waals surface area contributed by atoms with Crippen molar-refractivity contribution in [2.45, 2.75) is 26.2 Å². The summed E-state index contributed by atoms with van der Waals surface area (Å²) in [6.07, 6.45) is 3.56. The third-order valence-electron chi connectivity index (χ3n) is 5.86. The third kappa shape index (κ3) is 6.75. The Morgan fingerprint density at radius 2 is 1.68 bits per heavy atom. The third-order valence-corrected chi connectivity index (χ3v) is 6.09. The molecule has 0 aromatic heterocycles. The lowest BCUT2D eigenvalue weighted by atomic mass is 9.80. The first kappa shape index (κ1) is 28.4. The Bertz CT molecular complexity index is 1340. The Morgan fingerprint density at radius 3 is 2.32 bits per heavy atom. The number of benzene rings is 2. The topological polar surface area (TPSA) is 107 Å². The Morgan fingerprint density at radius 1 is 1.00 bits per heavy atom. The molecular formula is C29H29ClN2O6. The first-order valence-corrected chi connectivity index (χ1v) is 12.2. The largest absolute Gasteiger partial charge is 0.493 e. The van der Waals surface area contributed by atoms with Gasteiger partial charge in [0.25, 0.3) is 0 Å². The maximum Gasteiger partial charge on any atom is 0.337 e. The van der Waals surface area contributed by atoms with E-state index >= 15 is 0 Å². The summed E-state index contributed by atoms with van der Waals surface area (Å²) in [5, 5.41) is 12.4. The van der Waals surface area contributed by atoms with Gasteiger partial charge in [0.15, 0.2) is 11.5 Å². The van der Waals surface area contributed by atoms with Crippen LogP contribution in [0, 0.1) is 11.3 Å². The lowest BCUT2D eigenvalue weighted by Crippen LogP contribution is -2.32. The van der Waals surface area contributed by atoms with Crippen LogP contribution in [0.5, 0.6) is 11.5 Å². The molecular weight excluding hydrogens is 508 g/mol. The summed E-state index contributed by atoms with van der Waals surface area (Å²) in [5.41, 5.74) is 3.09. The van der Waals surface area contributed by atoms with E-state index in [1.807, 2.05) is 18.2 Å². The molecule has 1 aliphatic heterocycles. The molecule has 0 radical (unpaired) electrons. The van der Waals surface area contributed by atoms with Gasteiger partial charge in [-0.1, -0.05) is 35.9 Å². The lowest BCUT2D eigenvalue weighted by molar-refractivity contribution is -0.139. The van der Waals surface area contributed by atoms with Crippen molar-refractivity contribution in [1.29, 1.82) is 5.26 Å². The van der Waals surface area contributed by atoms with Crippen LogP contribution in [0.4, 0.5) is 0 Å². The summed E-state index contributed by atoms with van der Waals surface area (Å²) in [5.74, 6) is -0.790. The molecule has 0 amide bonds. The van der Waals surface area contributed by atoms with Gasteiger partial charge in [-0.15, -0.1) is 0 Å². The van der Waals surface area contributed by atoms with E-state index < -0.39 is 17.9 Å². The second-order valence-corrected chi connectivity index (χ2v) is 8.79. The number of esters is 2. The molecule has 0 spiro atoms.